The van der Waals surface area contributed by atoms with Crippen molar-refractivity contribution in [3.63, 3.8) is 0 Å². The number of esters is 2. The van der Waals surface area contributed by atoms with Gasteiger partial charge in [0.25, 0.3) is 8.32 Å². The van der Waals surface area contributed by atoms with Gasteiger partial charge in [0.2, 0.25) is 0 Å². The van der Waals surface area contributed by atoms with Gasteiger partial charge in [0, 0.05) is 13.1 Å². The van der Waals surface area contributed by atoms with Crippen LogP contribution in [0.4, 0.5) is 0 Å². The number of unbranched alkanes of at least 4 members (excludes halogenated alkanes) is 6. The fraction of sp³-hybridized carbons (Fsp3) is 0.576. The Hall–Kier alpha value is -2.52. The van der Waals surface area contributed by atoms with Crippen LogP contribution in [0.1, 0.15) is 72.6 Å². The van der Waals surface area contributed by atoms with Gasteiger partial charge in [-0.25, -0.2) is 9.59 Å². The van der Waals surface area contributed by atoms with E-state index in [0.717, 1.165) is 55.9 Å². The summed E-state index contributed by atoms with van der Waals surface area (Å²) < 4.78 is 21.9. The number of benzene rings is 2. The second kappa shape index (κ2) is 19.6. The molecule has 1 heterocycles. The molecule has 3 rings (SSSR count). The van der Waals surface area contributed by atoms with Gasteiger partial charge in [-0.2, -0.15) is 0 Å². The van der Waals surface area contributed by atoms with Crippen LogP contribution in [0, 0.1) is 0 Å². The van der Waals surface area contributed by atoms with Crippen molar-refractivity contribution < 1.29 is 28.2 Å². The van der Waals surface area contributed by atoms with E-state index in [1.807, 2.05) is 36.4 Å². The number of hydrogen-bond acceptors (Lipinski definition) is 7. The highest BCUT2D eigenvalue weighted by molar-refractivity contribution is 6.99. The molecule has 0 saturated carbocycles. The Labute approximate surface area is 248 Å². The van der Waals surface area contributed by atoms with Crippen LogP contribution in [0.25, 0.3) is 0 Å². The molecule has 7 nitrogen and oxygen atoms in total. The van der Waals surface area contributed by atoms with E-state index in [2.05, 4.69) is 57.3 Å². The van der Waals surface area contributed by atoms with Gasteiger partial charge in [0.05, 0.1) is 19.8 Å². The maximum Gasteiger partial charge on any atom is 0.344 e. The second-order valence-corrected chi connectivity index (χ2v) is 15.6. The fourth-order valence-electron chi connectivity index (χ4n) is 4.91. The van der Waals surface area contributed by atoms with E-state index in [1.54, 1.807) is 0 Å². The zero-order chi connectivity index (χ0) is 29.8. The second-order valence-electron chi connectivity index (χ2n) is 11.3. The summed E-state index contributed by atoms with van der Waals surface area (Å²) in [5, 5.41) is 5.08. The Morgan fingerprint density at radius 1 is 0.756 bits per heavy atom. The molecule has 0 amide bonds. The highest BCUT2D eigenvalue weighted by atomic mass is 28.4. The molecular weight excluding hydrogens is 534 g/mol. The fourth-order valence-corrected chi connectivity index (χ4v) is 9.40. The molecule has 0 spiro atoms. The van der Waals surface area contributed by atoms with E-state index in [-0.39, 0.29) is 18.3 Å². The van der Waals surface area contributed by atoms with E-state index < -0.39 is 20.3 Å². The Morgan fingerprint density at radius 2 is 1.27 bits per heavy atom. The van der Waals surface area contributed by atoms with E-state index in [9.17, 15) is 9.59 Å². The van der Waals surface area contributed by atoms with Crippen molar-refractivity contribution in [3.8, 4) is 0 Å². The molecule has 0 aromatic heterocycles. The number of nitrogens with one attached hydrogen (secondary N) is 1. The molecule has 1 aliphatic heterocycles. The number of morpholine rings is 1. The van der Waals surface area contributed by atoms with E-state index in [0.29, 0.717) is 6.61 Å². The molecule has 0 radical (unpaired) electrons. The summed E-state index contributed by atoms with van der Waals surface area (Å²) >= 11 is 0. The van der Waals surface area contributed by atoms with Crippen molar-refractivity contribution in [1.82, 2.24) is 5.32 Å². The summed E-state index contributed by atoms with van der Waals surface area (Å²) in [5.41, 5.74) is 0. The van der Waals surface area contributed by atoms with Gasteiger partial charge in [0.15, 0.2) is 6.61 Å². The molecule has 8 heteroatoms. The highest BCUT2D eigenvalue weighted by Gasteiger charge is 2.50. The van der Waals surface area contributed by atoms with E-state index in [1.165, 1.54) is 25.7 Å². The molecule has 2 aromatic rings. The van der Waals surface area contributed by atoms with Crippen molar-refractivity contribution >= 4 is 30.6 Å². The summed E-state index contributed by atoms with van der Waals surface area (Å²) in [5.74, 6) is -1.08. The average molecular weight is 586 g/mol. The predicted octanol–water partition coefficient (Wildman–Crippen LogP) is 5.01. The molecule has 0 atom stereocenters. The molecule has 1 saturated heterocycles. The Balaban J connectivity index is 0.000000864. The molecule has 2 aromatic carbocycles. The first-order valence-corrected chi connectivity index (χ1v) is 17.1. The third kappa shape index (κ3) is 12.5. The largest absolute Gasteiger partial charge is 0.463 e. The number of carbonyl (C=O) groups excluding carboxylic acids is 2. The lowest BCUT2D eigenvalue weighted by Crippen LogP contribution is -2.67. The van der Waals surface area contributed by atoms with Crippen LogP contribution in [0.15, 0.2) is 60.7 Å². The standard InChI is InChI=1S/C29H42O5Si.C4H9NO/c1-5-6-7-8-9-10-17-22-32-27(30)23-33-28(31)24-34-35(29(2,3)4,25-18-13-11-14-19-25)26-20-15-12-16-21-26;1-3-6-4-2-5-1/h11-16,18-21H,5-10,17,22-24H2,1-4H3;5H,1-4H2. The van der Waals surface area contributed by atoms with Gasteiger partial charge in [-0.05, 0) is 21.8 Å². The summed E-state index contributed by atoms with van der Waals surface area (Å²) in [7, 11) is -2.83. The minimum atomic E-state index is -2.83. The smallest absolute Gasteiger partial charge is 0.344 e. The van der Waals surface area contributed by atoms with Gasteiger partial charge in [-0.15, -0.1) is 0 Å². The molecule has 1 aliphatic rings. The van der Waals surface area contributed by atoms with Crippen LogP contribution in [-0.4, -0.2) is 66.4 Å². The normalized spacial score (nSPS) is 13.6. The highest BCUT2D eigenvalue weighted by Crippen LogP contribution is 2.36. The van der Waals surface area contributed by atoms with Crippen molar-refractivity contribution in [2.75, 3.05) is 46.1 Å². The third-order valence-corrected chi connectivity index (χ3v) is 12.0. The van der Waals surface area contributed by atoms with Crippen LogP contribution in [0.2, 0.25) is 5.04 Å². The van der Waals surface area contributed by atoms with E-state index >= 15 is 0 Å². The van der Waals surface area contributed by atoms with Crippen LogP contribution < -0.4 is 15.7 Å². The lowest BCUT2D eigenvalue weighted by atomic mass is 10.1. The summed E-state index contributed by atoms with van der Waals surface area (Å²) in [6.07, 6.45) is 8.05. The van der Waals surface area contributed by atoms with E-state index in [4.69, 9.17) is 18.6 Å². The minimum Gasteiger partial charge on any atom is -0.463 e. The van der Waals surface area contributed by atoms with Gasteiger partial charge in [0.1, 0.15) is 6.61 Å². The van der Waals surface area contributed by atoms with Gasteiger partial charge in [-0.1, -0.05) is 127 Å². The maximum atomic E-state index is 12.6. The minimum absolute atomic E-state index is 0.224. The molecule has 41 heavy (non-hydrogen) atoms. The van der Waals surface area contributed by atoms with Crippen LogP contribution >= 0.6 is 0 Å². The molecule has 1 fully saturated rings. The third-order valence-electron chi connectivity index (χ3n) is 7.03. The predicted molar refractivity (Wildman–Crippen MR) is 167 cm³/mol. The lowest BCUT2D eigenvalue weighted by Gasteiger charge is -2.42. The van der Waals surface area contributed by atoms with Crippen LogP contribution in [0.5, 0.6) is 0 Å². The van der Waals surface area contributed by atoms with Crippen molar-refractivity contribution in [3.05, 3.63) is 60.7 Å². The SMILES string of the molecule is C1COCCN1.CCCCCCCCCOC(=O)COC(=O)CO[Si](c1ccccc1)(c1ccccc1)C(C)(C)C. The van der Waals surface area contributed by atoms with Crippen LogP contribution in [-0.2, 0) is 28.2 Å². The Morgan fingerprint density at radius 3 is 1.73 bits per heavy atom. The first-order valence-electron chi connectivity index (χ1n) is 15.2. The molecule has 0 bridgehead atoms. The van der Waals surface area contributed by atoms with Crippen molar-refractivity contribution in [2.24, 2.45) is 0 Å². The monoisotopic (exact) mass is 585 g/mol. The Bertz CT molecular complexity index is 925. The maximum absolute atomic E-state index is 12.6. The molecular formula is C33H51NO6Si. The van der Waals surface area contributed by atoms with Gasteiger partial charge in [-0.3, -0.25) is 0 Å². The molecule has 0 aliphatic carbocycles. The summed E-state index contributed by atoms with van der Waals surface area (Å²) in [4.78, 5) is 24.5. The van der Waals surface area contributed by atoms with Crippen LogP contribution in [0.3, 0.4) is 0 Å². The first-order chi connectivity index (χ1) is 19.8. The van der Waals surface area contributed by atoms with Crippen molar-refractivity contribution in [1.29, 1.82) is 0 Å². The first kappa shape index (κ1) is 34.7. The van der Waals surface area contributed by atoms with Crippen molar-refractivity contribution in [2.45, 2.75) is 77.7 Å². The molecule has 228 valence electrons. The average Bonchev–Trinajstić information content (AvgIpc) is 2.99. The zero-order valence-corrected chi connectivity index (χ0v) is 26.6. The van der Waals surface area contributed by atoms with Gasteiger partial charge >= 0.3 is 11.9 Å². The number of hydrogen-bond donors (Lipinski definition) is 1. The summed E-state index contributed by atoms with van der Waals surface area (Å²) in [6, 6.07) is 20.2. The summed E-state index contributed by atoms with van der Waals surface area (Å²) in [6.45, 7) is 12.2. The zero-order valence-electron chi connectivity index (χ0n) is 25.6. The number of ether oxygens (including phenoxy) is 3. The molecule has 1 N–H and O–H groups in total. The number of rotatable bonds is 15. The Kier molecular flexibility index (Phi) is 16.6. The molecule has 0 unspecified atom stereocenters. The topological polar surface area (TPSA) is 83.1 Å². The number of carbonyl (C=O) groups is 2. The quantitative estimate of drug-likeness (QED) is 0.179. The lowest BCUT2D eigenvalue weighted by molar-refractivity contribution is -0.160. The van der Waals surface area contributed by atoms with Gasteiger partial charge < -0.3 is 24.0 Å².